The second kappa shape index (κ2) is 8.62. The average Bonchev–Trinajstić information content (AvgIpc) is 3.08. The third-order valence-electron chi connectivity index (χ3n) is 5.02. The van der Waals surface area contributed by atoms with Crippen molar-refractivity contribution in [2.75, 3.05) is 5.32 Å². The molecule has 0 aliphatic heterocycles. The number of hydrogen-bond donors (Lipinski definition) is 2. The number of aliphatic carboxylic acids is 1. The minimum absolute atomic E-state index is 0.624. The quantitative estimate of drug-likeness (QED) is 0.392. The second-order valence-corrected chi connectivity index (χ2v) is 7.58. The summed E-state index contributed by atoms with van der Waals surface area (Å²) in [5.41, 5.74) is 4.45. The van der Waals surface area contributed by atoms with Crippen LogP contribution in [0.2, 0.25) is 5.02 Å². The van der Waals surface area contributed by atoms with Crippen LogP contribution in [0, 0.1) is 0 Å². The number of halogens is 1. The Balaban J connectivity index is 1.66. The normalized spacial score (nSPS) is 12.4. The summed E-state index contributed by atoms with van der Waals surface area (Å²) in [5.74, 6) is -0.272. The number of nitrogens with one attached hydrogen (secondary N) is 1. The number of rotatable bonds is 6. The Bertz CT molecular complexity index is 1280. The molecular formula is C24H21ClN4O2. The highest BCUT2D eigenvalue weighted by atomic mass is 35.5. The summed E-state index contributed by atoms with van der Waals surface area (Å²) in [5, 5.41) is 18.5. The van der Waals surface area contributed by atoms with Gasteiger partial charge < -0.3 is 10.4 Å². The van der Waals surface area contributed by atoms with Gasteiger partial charge in [0, 0.05) is 24.2 Å². The van der Waals surface area contributed by atoms with Gasteiger partial charge in [-0.25, -0.2) is 4.79 Å². The highest BCUT2D eigenvalue weighted by molar-refractivity contribution is 6.36. The number of nitrogens with zero attached hydrogens (tertiary/aromatic N) is 3. The monoisotopic (exact) mass is 432 g/mol. The van der Waals surface area contributed by atoms with Crippen molar-refractivity contribution in [1.82, 2.24) is 9.78 Å². The van der Waals surface area contributed by atoms with E-state index in [1.807, 2.05) is 73.8 Å². The molecule has 3 aromatic carbocycles. The predicted octanol–water partition coefficient (Wildman–Crippen LogP) is 5.53. The van der Waals surface area contributed by atoms with Crippen LogP contribution in [-0.4, -0.2) is 33.1 Å². The van der Waals surface area contributed by atoms with Crippen molar-refractivity contribution in [3.63, 3.8) is 0 Å². The van der Waals surface area contributed by atoms with Gasteiger partial charge in [0.2, 0.25) is 0 Å². The Morgan fingerprint density at radius 2 is 1.94 bits per heavy atom. The summed E-state index contributed by atoms with van der Waals surface area (Å²) < 4.78 is 1.77. The molecule has 0 saturated heterocycles. The number of anilines is 2. The fraction of sp³-hybridized carbons (Fsp3) is 0.125. The molecule has 156 valence electrons. The van der Waals surface area contributed by atoms with Gasteiger partial charge in [0.15, 0.2) is 5.82 Å². The summed E-state index contributed by atoms with van der Waals surface area (Å²) >= 11 is 6.71. The molecule has 6 nitrogen and oxygen atoms in total. The first kappa shape index (κ1) is 20.6. The van der Waals surface area contributed by atoms with Crippen LogP contribution in [-0.2, 0) is 11.8 Å². The van der Waals surface area contributed by atoms with E-state index in [1.165, 1.54) is 6.92 Å². The van der Waals surface area contributed by atoms with Gasteiger partial charge in [0.1, 0.15) is 6.04 Å². The van der Waals surface area contributed by atoms with Crippen LogP contribution in [0.3, 0.4) is 0 Å². The molecule has 1 atom stereocenters. The van der Waals surface area contributed by atoms with E-state index in [4.69, 9.17) is 16.7 Å². The fourth-order valence-electron chi connectivity index (χ4n) is 3.31. The van der Waals surface area contributed by atoms with Crippen molar-refractivity contribution in [3.8, 4) is 11.1 Å². The van der Waals surface area contributed by atoms with Gasteiger partial charge >= 0.3 is 5.97 Å². The molecule has 31 heavy (non-hydrogen) atoms. The minimum Gasteiger partial charge on any atom is -0.480 e. The predicted molar refractivity (Wildman–Crippen MR) is 126 cm³/mol. The van der Waals surface area contributed by atoms with Gasteiger partial charge in [-0.3, -0.25) is 9.67 Å². The highest BCUT2D eigenvalue weighted by Crippen LogP contribution is 2.36. The number of carboxylic acid groups (broad SMARTS) is 1. The number of carbonyl (C=O) groups is 1. The van der Waals surface area contributed by atoms with Crippen molar-refractivity contribution in [2.45, 2.75) is 13.0 Å². The molecule has 0 saturated carbocycles. The van der Waals surface area contributed by atoms with Crippen molar-refractivity contribution in [3.05, 3.63) is 77.3 Å². The van der Waals surface area contributed by atoms with Crippen LogP contribution in [0.1, 0.15) is 12.5 Å². The van der Waals surface area contributed by atoms with Crippen molar-refractivity contribution in [2.24, 2.45) is 12.0 Å². The highest BCUT2D eigenvalue weighted by Gasteiger charge is 2.13. The van der Waals surface area contributed by atoms with Crippen molar-refractivity contribution in [1.29, 1.82) is 0 Å². The first-order valence-electron chi connectivity index (χ1n) is 9.77. The van der Waals surface area contributed by atoms with Gasteiger partial charge in [-0.1, -0.05) is 60.1 Å². The number of hydrogen-bond acceptors (Lipinski definition) is 4. The van der Waals surface area contributed by atoms with Gasteiger partial charge in [-0.15, -0.1) is 0 Å². The molecule has 1 heterocycles. The van der Waals surface area contributed by atoms with Crippen LogP contribution >= 0.6 is 11.6 Å². The van der Waals surface area contributed by atoms with E-state index in [9.17, 15) is 4.79 Å². The zero-order chi connectivity index (χ0) is 22.0. The van der Waals surface area contributed by atoms with E-state index in [1.54, 1.807) is 10.9 Å². The zero-order valence-electron chi connectivity index (χ0n) is 17.1. The Kier molecular flexibility index (Phi) is 5.73. The van der Waals surface area contributed by atoms with Crippen LogP contribution < -0.4 is 5.32 Å². The van der Waals surface area contributed by atoms with Crippen LogP contribution in [0.5, 0.6) is 0 Å². The third-order valence-corrected chi connectivity index (χ3v) is 5.42. The fourth-order valence-corrected chi connectivity index (χ4v) is 3.59. The van der Waals surface area contributed by atoms with Crippen LogP contribution in [0.15, 0.2) is 71.7 Å². The molecule has 1 unspecified atom stereocenters. The molecule has 4 rings (SSSR count). The standard InChI is InChI=1S/C24H21ClN4O2/c1-15(24(30)31)26-14-16-11-12-19-21(13-16)29(2)28-23(19)27-20-10-6-9-18(22(20)25)17-7-4-3-5-8-17/h3-15H,1-2H3,(H,27,28)(H,30,31). The summed E-state index contributed by atoms with van der Waals surface area (Å²) in [6.07, 6.45) is 1.57. The summed E-state index contributed by atoms with van der Waals surface area (Å²) in [7, 11) is 1.86. The lowest BCUT2D eigenvalue weighted by molar-refractivity contribution is -0.137. The van der Waals surface area contributed by atoms with E-state index in [-0.39, 0.29) is 0 Å². The Morgan fingerprint density at radius 1 is 1.16 bits per heavy atom. The number of aromatic nitrogens is 2. The number of aliphatic imine (C=N–C) groups is 1. The summed E-state index contributed by atoms with van der Waals surface area (Å²) in [6, 6.07) is 20.8. The number of aryl methyl sites for hydroxylation is 1. The summed E-state index contributed by atoms with van der Waals surface area (Å²) in [4.78, 5) is 15.0. The van der Waals surface area contributed by atoms with Gasteiger partial charge in [-0.05, 0) is 36.2 Å². The molecule has 4 aromatic rings. The first-order valence-corrected chi connectivity index (χ1v) is 10.2. The lowest BCUT2D eigenvalue weighted by Gasteiger charge is -2.11. The average molecular weight is 433 g/mol. The molecule has 0 aliphatic carbocycles. The lowest BCUT2D eigenvalue weighted by atomic mass is 10.0. The van der Waals surface area contributed by atoms with Crippen molar-refractivity contribution < 1.29 is 9.90 Å². The Labute approximate surface area is 184 Å². The molecule has 2 N–H and O–H groups in total. The molecular weight excluding hydrogens is 412 g/mol. The van der Waals surface area contributed by atoms with E-state index >= 15 is 0 Å². The molecule has 0 amide bonds. The maximum atomic E-state index is 11.0. The molecule has 0 aliphatic rings. The van der Waals surface area contributed by atoms with Gasteiger partial charge in [0.25, 0.3) is 0 Å². The molecule has 0 radical (unpaired) electrons. The van der Waals surface area contributed by atoms with E-state index in [2.05, 4.69) is 15.4 Å². The molecule has 0 spiro atoms. The molecule has 0 fully saturated rings. The lowest BCUT2D eigenvalue weighted by Crippen LogP contribution is -2.13. The van der Waals surface area contributed by atoms with Gasteiger partial charge in [-0.2, -0.15) is 5.10 Å². The van der Waals surface area contributed by atoms with E-state index < -0.39 is 12.0 Å². The van der Waals surface area contributed by atoms with E-state index in [0.29, 0.717) is 10.8 Å². The van der Waals surface area contributed by atoms with Crippen molar-refractivity contribution >= 4 is 46.2 Å². The Hall–Kier alpha value is -3.64. The first-order chi connectivity index (χ1) is 14.9. The number of benzene rings is 3. The summed E-state index contributed by atoms with van der Waals surface area (Å²) in [6.45, 7) is 1.54. The largest absolute Gasteiger partial charge is 0.480 e. The zero-order valence-corrected chi connectivity index (χ0v) is 17.8. The minimum atomic E-state index is -0.959. The van der Waals surface area contributed by atoms with Crippen LogP contribution in [0.4, 0.5) is 11.5 Å². The number of carboxylic acids is 1. The third kappa shape index (κ3) is 4.29. The maximum Gasteiger partial charge on any atom is 0.328 e. The van der Waals surface area contributed by atoms with Gasteiger partial charge in [0.05, 0.1) is 16.2 Å². The second-order valence-electron chi connectivity index (χ2n) is 7.20. The number of fused-ring (bicyclic) bond motifs is 1. The molecule has 0 bridgehead atoms. The molecule has 7 heteroatoms. The Morgan fingerprint density at radius 3 is 2.68 bits per heavy atom. The smallest absolute Gasteiger partial charge is 0.328 e. The van der Waals surface area contributed by atoms with E-state index in [0.717, 1.165) is 33.3 Å². The SMILES string of the molecule is CC(N=Cc1ccc2c(Nc3cccc(-c4ccccc4)c3Cl)nn(C)c2c1)C(=O)O. The van der Waals surface area contributed by atoms with Crippen LogP contribution in [0.25, 0.3) is 22.0 Å². The maximum absolute atomic E-state index is 11.0. The topological polar surface area (TPSA) is 79.5 Å². The molecule has 1 aromatic heterocycles.